The van der Waals surface area contributed by atoms with Gasteiger partial charge in [0.15, 0.2) is 17.4 Å². The van der Waals surface area contributed by atoms with Crippen molar-refractivity contribution in [2.24, 2.45) is 5.10 Å². The van der Waals surface area contributed by atoms with Crippen molar-refractivity contribution in [2.45, 2.75) is 12.3 Å². The van der Waals surface area contributed by atoms with E-state index < -0.39 is 0 Å². The van der Waals surface area contributed by atoms with Gasteiger partial charge >= 0.3 is 0 Å². The number of hydrogen-bond acceptors (Lipinski definition) is 6. The van der Waals surface area contributed by atoms with Crippen molar-refractivity contribution in [3.8, 4) is 0 Å². The van der Waals surface area contributed by atoms with Crippen LogP contribution in [0.5, 0.6) is 0 Å². The number of likely N-dealkylation sites (N-methyl/N-ethyl adjacent to an activating group) is 3. The summed E-state index contributed by atoms with van der Waals surface area (Å²) in [6.45, 7) is 0. The summed E-state index contributed by atoms with van der Waals surface area (Å²) in [6.07, 6.45) is -0.535. The molecule has 10 heteroatoms. The van der Waals surface area contributed by atoms with Gasteiger partial charge < -0.3 is 14.7 Å². The normalized spacial score (nSPS) is 25.2. The van der Waals surface area contributed by atoms with Gasteiger partial charge in [0, 0.05) is 26.7 Å². The molecule has 0 bridgehead atoms. The summed E-state index contributed by atoms with van der Waals surface area (Å²) in [4.78, 5) is 32.1. The van der Waals surface area contributed by atoms with E-state index in [-0.39, 0.29) is 23.8 Å². The number of benzene rings is 1. The molecule has 1 fully saturated rings. The molecule has 0 saturated carbocycles. The number of fused-ring (bicyclic) bond motifs is 4. The second kappa shape index (κ2) is 5.40. The van der Waals surface area contributed by atoms with E-state index in [2.05, 4.69) is 10.5 Å². The highest BCUT2D eigenvalue weighted by Gasteiger charge is 2.44. The van der Waals surface area contributed by atoms with Crippen molar-refractivity contribution in [2.75, 3.05) is 26.0 Å². The van der Waals surface area contributed by atoms with Crippen molar-refractivity contribution in [3.05, 3.63) is 49.5 Å². The first-order valence-electron chi connectivity index (χ1n) is 8.38. The molecule has 8 nitrogen and oxygen atoms in total. The SMILES string of the molecule is CN1C(=O)/C(=c2\sc3n(c2=O)C2C(NN=3)N(C)C(=S)N2C)c2ccccc21. The molecule has 2 atom stereocenters. The third-order valence-electron chi connectivity index (χ3n) is 5.35. The fourth-order valence-electron chi connectivity index (χ4n) is 3.92. The van der Waals surface area contributed by atoms with Gasteiger partial charge in [-0.3, -0.25) is 19.6 Å². The molecule has 2 aromatic rings. The number of carbonyl (C=O) groups is 1. The predicted molar refractivity (Wildman–Crippen MR) is 106 cm³/mol. The molecule has 1 aromatic carbocycles. The van der Waals surface area contributed by atoms with Crippen LogP contribution in [0.3, 0.4) is 0 Å². The molecule has 4 heterocycles. The van der Waals surface area contributed by atoms with Crippen LogP contribution in [-0.2, 0) is 4.79 Å². The fraction of sp³-hybridized carbons (Fsp3) is 0.294. The molecule has 1 N–H and O–H groups in total. The van der Waals surface area contributed by atoms with E-state index in [4.69, 9.17) is 12.2 Å². The number of anilines is 1. The van der Waals surface area contributed by atoms with Crippen LogP contribution in [0.4, 0.5) is 5.69 Å². The number of thiocarbonyl (C=S) groups is 1. The summed E-state index contributed by atoms with van der Waals surface area (Å²) in [5.74, 6) is -0.176. The van der Waals surface area contributed by atoms with Crippen LogP contribution in [-0.4, -0.2) is 52.7 Å². The Kier molecular flexibility index (Phi) is 3.29. The van der Waals surface area contributed by atoms with Crippen molar-refractivity contribution in [1.29, 1.82) is 0 Å². The van der Waals surface area contributed by atoms with E-state index in [9.17, 15) is 9.59 Å². The lowest BCUT2D eigenvalue weighted by molar-refractivity contribution is -0.112. The molecule has 138 valence electrons. The van der Waals surface area contributed by atoms with Crippen molar-refractivity contribution < 1.29 is 4.79 Å². The largest absolute Gasteiger partial charge is 0.328 e. The van der Waals surface area contributed by atoms with E-state index in [0.29, 0.717) is 20.0 Å². The van der Waals surface area contributed by atoms with Crippen LogP contribution in [0.2, 0.25) is 0 Å². The number of thiazole rings is 1. The van der Waals surface area contributed by atoms with Gasteiger partial charge in [-0.25, -0.2) is 0 Å². The van der Waals surface area contributed by atoms with Gasteiger partial charge in [0.2, 0.25) is 4.80 Å². The predicted octanol–water partition coefficient (Wildman–Crippen LogP) is -0.790. The summed E-state index contributed by atoms with van der Waals surface area (Å²) >= 11 is 6.67. The Morgan fingerprint density at radius 1 is 1.15 bits per heavy atom. The maximum atomic E-state index is 13.4. The van der Waals surface area contributed by atoms with Crippen LogP contribution in [0.1, 0.15) is 11.7 Å². The number of nitrogens with one attached hydrogen (secondary N) is 1. The second-order valence-corrected chi connectivity index (χ2v) is 8.09. The molecule has 0 aliphatic carbocycles. The Balaban J connectivity index is 1.82. The van der Waals surface area contributed by atoms with E-state index in [1.807, 2.05) is 48.2 Å². The van der Waals surface area contributed by atoms with Gasteiger partial charge in [0.1, 0.15) is 4.53 Å². The van der Waals surface area contributed by atoms with Crippen LogP contribution >= 0.6 is 23.6 Å². The second-order valence-electron chi connectivity index (χ2n) is 6.75. The molecule has 1 saturated heterocycles. The zero-order valence-corrected chi connectivity index (χ0v) is 16.5. The highest BCUT2D eigenvalue weighted by molar-refractivity contribution is 7.80. The number of para-hydroxylation sites is 1. The van der Waals surface area contributed by atoms with Crippen LogP contribution in [0.15, 0.2) is 34.2 Å². The third kappa shape index (κ3) is 1.96. The molecule has 3 aliphatic heterocycles. The summed E-state index contributed by atoms with van der Waals surface area (Å²) in [7, 11) is 5.45. The molecule has 1 aromatic heterocycles. The maximum Gasteiger partial charge on any atom is 0.273 e. The first-order chi connectivity index (χ1) is 12.9. The first-order valence-corrected chi connectivity index (χ1v) is 9.60. The highest BCUT2D eigenvalue weighted by Crippen LogP contribution is 2.33. The first kappa shape index (κ1) is 16.5. The summed E-state index contributed by atoms with van der Waals surface area (Å²) < 4.78 is 2.05. The minimum absolute atomic E-state index is 0.176. The number of aromatic nitrogens is 1. The van der Waals surface area contributed by atoms with Crippen LogP contribution in [0.25, 0.3) is 5.57 Å². The molecular weight excluding hydrogens is 384 g/mol. The Bertz CT molecular complexity index is 1200. The fourth-order valence-corrected chi connectivity index (χ4v) is 5.20. The monoisotopic (exact) mass is 400 g/mol. The Morgan fingerprint density at radius 3 is 2.67 bits per heavy atom. The Morgan fingerprint density at radius 2 is 1.89 bits per heavy atom. The highest BCUT2D eigenvalue weighted by atomic mass is 32.1. The molecule has 2 unspecified atom stereocenters. The van der Waals surface area contributed by atoms with Crippen molar-refractivity contribution in [1.82, 2.24) is 19.8 Å². The number of rotatable bonds is 0. The van der Waals surface area contributed by atoms with Gasteiger partial charge in [0.25, 0.3) is 11.5 Å². The number of nitrogens with zero attached hydrogens (tertiary/aromatic N) is 5. The molecule has 3 aliphatic rings. The average Bonchev–Trinajstić information content (AvgIpc) is 3.21. The van der Waals surface area contributed by atoms with Gasteiger partial charge in [-0.1, -0.05) is 29.5 Å². The van der Waals surface area contributed by atoms with E-state index >= 15 is 0 Å². The van der Waals surface area contributed by atoms with Crippen LogP contribution in [0, 0.1) is 0 Å². The number of amides is 1. The van der Waals surface area contributed by atoms with Gasteiger partial charge in [-0.05, 0) is 18.3 Å². The third-order valence-corrected chi connectivity index (χ3v) is 6.98. The van der Waals surface area contributed by atoms with Crippen molar-refractivity contribution >= 4 is 45.8 Å². The molecule has 5 rings (SSSR count). The minimum Gasteiger partial charge on any atom is -0.328 e. The minimum atomic E-state index is -0.308. The smallest absolute Gasteiger partial charge is 0.273 e. The van der Waals surface area contributed by atoms with Gasteiger partial charge in [0.05, 0.1) is 11.3 Å². The topological polar surface area (TPSA) is 73.2 Å². The maximum absolute atomic E-state index is 13.4. The summed E-state index contributed by atoms with van der Waals surface area (Å²) in [5, 5.41) is 5.01. The van der Waals surface area contributed by atoms with E-state index in [1.54, 1.807) is 16.5 Å². The molecule has 1 amide bonds. The van der Waals surface area contributed by atoms with Crippen molar-refractivity contribution in [3.63, 3.8) is 0 Å². The summed E-state index contributed by atoms with van der Waals surface area (Å²) in [6, 6.07) is 7.51. The van der Waals surface area contributed by atoms with Gasteiger partial charge in [-0.2, -0.15) is 0 Å². The standard InChI is InChI=1S/C17H16N6O2S2/c1-20-9-7-5-4-6-8(9)10(14(20)24)11-15(25)23-13-12(18-19-16(23)27-11)21(2)17(26)22(13)3/h4-7,12-13,18H,1-3H3/b11-10-. The lowest BCUT2D eigenvalue weighted by Gasteiger charge is -2.28. The Labute approximate surface area is 163 Å². The lowest BCUT2D eigenvalue weighted by Crippen LogP contribution is -2.52. The van der Waals surface area contributed by atoms with E-state index in [1.165, 1.54) is 11.3 Å². The quantitative estimate of drug-likeness (QED) is 0.585. The Hall–Kier alpha value is -2.72. The molecule has 0 radical (unpaired) electrons. The molecule has 27 heavy (non-hydrogen) atoms. The number of carbonyl (C=O) groups excluding carboxylic acids is 1. The van der Waals surface area contributed by atoms with Crippen LogP contribution < -0.4 is 25.2 Å². The average molecular weight is 400 g/mol. The molecule has 0 spiro atoms. The van der Waals surface area contributed by atoms with E-state index in [0.717, 1.165) is 11.3 Å². The lowest BCUT2D eigenvalue weighted by atomic mass is 10.1. The van der Waals surface area contributed by atoms with Gasteiger partial charge in [-0.15, -0.1) is 5.10 Å². The number of hydrogen-bond donors (Lipinski definition) is 1. The summed E-state index contributed by atoms with van der Waals surface area (Å²) in [5.41, 5.74) is 4.89. The zero-order chi connectivity index (χ0) is 19.0. The zero-order valence-electron chi connectivity index (χ0n) is 14.8. The molecular formula is C17H16N6O2S2.